The molecule has 0 bridgehead atoms. The Morgan fingerprint density at radius 1 is 1.73 bits per heavy atom. The number of halogens is 1. The topological polar surface area (TPSA) is 68.0 Å². The van der Waals surface area contributed by atoms with Crippen molar-refractivity contribution in [2.24, 2.45) is 5.84 Å². The summed E-state index contributed by atoms with van der Waals surface area (Å²) in [4.78, 5) is 14.2. The number of carbonyl (C=O) groups is 1. The largest absolute Gasteiger partial charge is 0.290 e. The third kappa shape index (κ3) is 1.50. The van der Waals surface area contributed by atoms with Crippen molar-refractivity contribution >= 4 is 5.91 Å². The van der Waals surface area contributed by atoms with Gasteiger partial charge in [0.05, 0.1) is 11.8 Å². The number of amides is 1. The van der Waals surface area contributed by atoms with Gasteiger partial charge in [0.15, 0.2) is 5.82 Å². The monoisotopic (exact) mass is 155 g/mol. The zero-order chi connectivity index (χ0) is 8.27. The SMILES string of the molecule is NNC(=O)c1ccncc1F. The standard InChI is InChI=1S/C6H6FN3O/c7-5-3-9-2-1-4(5)6(11)10-8/h1-3H,8H2,(H,10,11). The average Bonchev–Trinajstić information content (AvgIpc) is 2.04. The molecule has 0 aliphatic carbocycles. The molecule has 0 aromatic carbocycles. The normalized spacial score (nSPS) is 9.27. The number of nitrogen functional groups attached to an aromatic ring is 1. The first-order valence-electron chi connectivity index (χ1n) is 2.86. The fourth-order valence-corrected chi connectivity index (χ4v) is 0.637. The molecule has 0 atom stereocenters. The molecule has 11 heavy (non-hydrogen) atoms. The number of nitrogens with two attached hydrogens (primary N) is 1. The molecule has 0 saturated heterocycles. The highest BCUT2D eigenvalue weighted by Crippen LogP contribution is 2.02. The summed E-state index contributed by atoms with van der Waals surface area (Å²) in [7, 11) is 0. The minimum absolute atomic E-state index is 0.109. The van der Waals surface area contributed by atoms with Gasteiger partial charge in [-0.25, -0.2) is 10.2 Å². The molecule has 0 radical (unpaired) electrons. The number of hydrogen-bond donors (Lipinski definition) is 2. The molecule has 1 heterocycles. The van der Waals surface area contributed by atoms with Crippen LogP contribution in [0.5, 0.6) is 0 Å². The van der Waals surface area contributed by atoms with Crippen LogP contribution in [0.25, 0.3) is 0 Å². The molecule has 0 saturated carbocycles. The summed E-state index contributed by atoms with van der Waals surface area (Å²) in [5.74, 6) is 3.44. The molecule has 0 spiro atoms. The van der Waals surface area contributed by atoms with Crippen LogP contribution in [0.15, 0.2) is 18.5 Å². The number of pyridine rings is 1. The first-order chi connectivity index (χ1) is 5.25. The summed E-state index contributed by atoms with van der Waals surface area (Å²) in [6.45, 7) is 0. The molecule has 58 valence electrons. The van der Waals surface area contributed by atoms with E-state index >= 15 is 0 Å². The second kappa shape index (κ2) is 3.07. The van der Waals surface area contributed by atoms with E-state index in [0.717, 1.165) is 6.20 Å². The molecule has 5 heteroatoms. The summed E-state index contributed by atoms with van der Waals surface area (Å²) in [6.07, 6.45) is 2.26. The average molecular weight is 155 g/mol. The van der Waals surface area contributed by atoms with Gasteiger partial charge in [0, 0.05) is 6.20 Å². The second-order valence-corrected chi connectivity index (χ2v) is 1.83. The van der Waals surface area contributed by atoms with Gasteiger partial charge in [0.1, 0.15) is 0 Å². The molecular formula is C6H6FN3O. The number of aromatic nitrogens is 1. The van der Waals surface area contributed by atoms with Gasteiger partial charge in [0.25, 0.3) is 5.91 Å². The van der Waals surface area contributed by atoms with Gasteiger partial charge < -0.3 is 0 Å². The Bertz CT molecular complexity index is 276. The molecule has 0 fully saturated rings. The zero-order valence-electron chi connectivity index (χ0n) is 5.54. The zero-order valence-corrected chi connectivity index (χ0v) is 5.54. The Morgan fingerprint density at radius 2 is 2.45 bits per heavy atom. The van der Waals surface area contributed by atoms with E-state index in [1.165, 1.54) is 12.3 Å². The quantitative estimate of drug-likeness (QED) is 0.336. The van der Waals surface area contributed by atoms with Gasteiger partial charge >= 0.3 is 0 Å². The van der Waals surface area contributed by atoms with E-state index in [2.05, 4.69) is 4.98 Å². The number of hydrazine groups is 1. The Labute approximate surface area is 62.2 Å². The van der Waals surface area contributed by atoms with Crippen molar-refractivity contribution in [1.29, 1.82) is 0 Å². The van der Waals surface area contributed by atoms with Crippen molar-refractivity contribution in [1.82, 2.24) is 10.4 Å². The smallest absolute Gasteiger partial charge is 0.268 e. The summed E-state index contributed by atoms with van der Waals surface area (Å²) in [5, 5.41) is 0. The van der Waals surface area contributed by atoms with Crippen LogP contribution < -0.4 is 11.3 Å². The second-order valence-electron chi connectivity index (χ2n) is 1.83. The van der Waals surface area contributed by atoms with E-state index in [1.54, 1.807) is 0 Å². The van der Waals surface area contributed by atoms with E-state index in [-0.39, 0.29) is 5.56 Å². The number of nitrogens with one attached hydrogen (secondary N) is 1. The molecule has 3 N–H and O–H groups in total. The van der Waals surface area contributed by atoms with Crippen LogP contribution in [-0.4, -0.2) is 10.9 Å². The van der Waals surface area contributed by atoms with Crippen molar-refractivity contribution in [3.63, 3.8) is 0 Å². The van der Waals surface area contributed by atoms with Gasteiger partial charge in [-0.3, -0.25) is 15.2 Å². The van der Waals surface area contributed by atoms with Gasteiger partial charge in [0.2, 0.25) is 0 Å². The highest BCUT2D eigenvalue weighted by molar-refractivity contribution is 5.93. The fourth-order valence-electron chi connectivity index (χ4n) is 0.637. The van der Waals surface area contributed by atoms with Gasteiger partial charge in [-0.15, -0.1) is 0 Å². The lowest BCUT2D eigenvalue weighted by atomic mass is 10.2. The molecule has 0 aliphatic rings. The van der Waals surface area contributed by atoms with Crippen LogP contribution in [-0.2, 0) is 0 Å². The van der Waals surface area contributed by atoms with Crippen molar-refractivity contribution < 1.29 is 9.18 Å². The lowest BCUT2D eigenvalue weighted by Crippen LogP contribution is -2.30. The number of hydrogen-bond acceptors (Lipinski definition) is 3. The highest BCUT2D eigenvalue weighted by atomic mass is 19.1. The molecule has 1 aromatic rings. The molecular weight excluding hydrogens is 149 g/mol. The molecule has 1 aromatic heterocycles. The van der Waals surface area contributed by atoms with Crippen LogP contribution >= 0.6 is 0 Å². The third-order valence-electron chi connectivity index (χ3n) is 1.15. The van der Waals surface area contributed by atoms with E-state index in [4.69, 9.17) is 5.84 Å². The predicted octanol–water partition coefficient (Wildman–Crippen LogP) is -0.176. The Hall–Kier alpha value is -1.49. The van der Waals surface area contributed by atoms with E-state index in [0.29, 0.717) is 0 Å². The summed E-state index contributed by atoms with van der Waals surface area (Å²) in [5.41, 5.74) is 1.71. The predicted molar refractivity (Wildman–Crippen MR) is 35.8 cm³/mol. The van der Waals surface area contributed by atoms with Crippen molar-refractivity contribution in [3.05, 3.63) is 29.8 Å². The van der Waals surface area contributed by atoms with Crippen LogP contribution in [0.3, 0.4) is 0 Å². The van der Waals surface area contributed by atoms with Crippen LogP contribution in [0.2, 0.25) is 0 Å². The van der Waals surface area contributed by atoms with Gasteiger partial charge in [-0.1, -0.05) is 0 Å². The number of carbonyl (C=O) groups excluding carboxylic acids is 1. The number of rotatable bonds is 1. The van der Waals surface area contributed by atoms with Gasteiger partial charge in [-0.2, -0.15) is 0 Å². The maximum Gasteiger partial charge on any atom is 0.268 e. The summed E-state index contributed by atoms with van der Waals surface area (Å²) in [6, 6.07) is 1.25. The van der Waals surface area contributed by atoms with Crippen LogP contribution in [0.4, 0.5) is 4.39 Å². The lowest BCUT2D eigenvalue weighted by Gasteiger charge is -1.98. The minimum Gasteiger partial charge on any atom is -0.290 e. The molecule has 0 unspecified atom stereocenters. The summed E-state index contributed by atoms with van der Waals surface area (Å²) >= 11 is 0. The van der Waals surface area contributed by atoms with Gasteiger partial charge in [-0.05, 0) is 6.07 Å². The first kappa shape index (κ1) is 7.62. The third-order valence-corrected chi connectivity index (χ3v) is 1.15. The van der Waals surface area contributed by atoms with Crippen molar-refractivity contribution in [3.8, 4) is 0 Å². The van der Waals surface area contributed by atoms with Crippen LogP contribution in [0.1, 0.15) is 10.4 Å². The Balaban J connectivity index is 3.03. The molecule has 1 rings (SSSR count). The summed E-state index contributed by atoms with van der Waals surface area (Å²) < 4.78 is 12.6. The first-order valence-corrected chi connectivity index (χ1v) is 2.86. The maximum absolute atomic E-state index is 12.6. The van der Waals surface area contributed by atoms with Crippen molar-refractivity contribution in [2.45, 2.75) is 0 Å². The minimum atomic E-state index is -0.685. The molecule has 0 aliphatic heterocycles. The van der Waals surface area contributed by atoms with E-state index in [9.17, 15) is 9.18 Å². The molecule has 4 nitrogen and oxygen atoms in total. The molecule has 1 amide bonds. The van der Waals surface area contributed by atoms with Crippen molar-refractivity contribution in [2.75, 3.05) is 0 Å². The highest BCUT2D eigenvalue weighted by Gasteiger charge is 2.08. The Morgan fingerprint density at radius 3 is 3.00 bits per heavy atom. The van der Waals surface area contributed by atoms with E-state index in [1.807, 2.05) is 5.43 Å². The fraction of sp³-hybridized carbons (Fsp3) is 0. The van der Waals surface area contributed by atoms with Crippen LogP contribution in [0, 0.1) is 5.82 Å². The maximum atomic E-state index is 12.6. The lowest BCUT2D eigenvalue weighted by molar-refractivity contribution is 0.0949. The number of nitrogens with zero attached hydrogens (tertiary/aromatic N) is 1. The Kier molecular flexibility index (Phi) is 2.12. The van der Waals surface area contributed by atoms with E-state index < -0.39 is 11.7 Å².